The molecule has 0 bridgehead atoms. The SMILES string of the molecule is Cc1ccc2cccc(NC3=CC(=O)NC3)c2n1. The van der Waals surface area contributed by atoms with Crippen LogP contribution in [0, 0.1) is 6.92 Å². The van der Waals surface area contributed by atoms with E-state index in [1.165, 1.54) is 0 Å². The highest BCUT2D eigenvalue weighted by Crippen LogP contribution is 2.23. The van der Waals surface area contributed by atoms with Crippen molar-refractivity contribution in [3.05, 3.63) is 47.8 Å². The largest absolute Gasteiger partial charge is 0.355 e. The van der Waals surface area contributed by atoms with Crippen LogP contribution in [0.15, 0.2) is 42.1 Å². The summed E-state index contributed by atoms with van der Waals surface area (Å²) in [5.74, 6) is -0.0538. The lowest BCUT2D eigenvalue weighted by Gasteiger charge is -2.09. The van der Waals surface area contributed by atoms with Gasteiger partial charge in [-0.05, 0) is 19.1 Å². The molecule has 1 aromatic carbocycles. The molecule has 1 aliphatic heterocycles. The molecule has 0 fully saturated rings. The number of rotatable bonds is 2. The van der Waals surface area contributed by atoms with E-state index in [9.17, 15) is 4.79 Å². The molecule has 0 spiro atoms. The quantitative estimate of drug-likeness (QED) is 0.842. The molecule has 0 saturated heterocycles. The Morgan fingerprint density at radius 1 is 1.28 bits per heavy atom. The number of para-hydroxylation sites is 1. The first-order chi connectivity index (χ1) is 8.72. The standard InChI is InChI=1S/C14H13N3O/c1-9-5-6-10-3-2-4-12(14(10)16-9)17-11-7-13(18)15-8-11/h2-7,17H,8H2,1H3,(H,15,18). The maximum Gasteiger partial charge on any atom is 0.246 e. The van der Waals surface area contributed by atoms with E-state index in [0.29, 0.717) is 6.54 Å². The average molecular weight is 239 g/mol. The number of hydrogen-bond acceptors (Lipinski definition) is 3. The number of nitrogens with one attached hydrogen (secondary N) is 2. The van der Waals surface area contributed by atoms with E-state index >= 15 is 0 Å². The molecule has 1 aromatic heterocycles. The Morgan fingerprint density at radius 3 is 2.94 bits per heavy atom. The summed E-state index contributed by atoms with van der Waals surface area (Å²) in [6, 6.07) is 10.0. The molecular formula is C14H13N3O. The van der Waals surface area contributed by atoms with Crippen LogP contribution < -0.4 is 10.6 Å². The zero-order valence-electron chi connectivity index (χ0n) is 10.0. The van der Waals surface area contributed by atoms with Crippen LogP contribution in [0.2, 0.25) is 0 Å². The lowest BCUT2D eigenvalue weighted by atomic mass is 10.1. The van der Waals surface area contributed by atoms with E-state index in [4.69, 9.17) is 0 Å². The molecule has 2 N–H and O–H groups in total. The van der Waals surface area contributed by atoms with Gasteiger partial charge >= 0.3 is 0 Å². The average Bonchev–Trinajstić information content (AvgIpc) is 2.76. The molecular weight excluding hydrogens is 226 g/mol. The van der Waals surface area contributed by atoms with Crippen LogP contribution in [0.5, 0.6) is 0 Å². The van der Waals surface area contributed by atoms with Crippen molar-refractivity contribution >= 4 is 22.5 Å². The maximum atomic E-state index is 11.1. The normalized spacial score (nSPS) is 14.5. The minimum atomic E-state index is -0.0538. The topological polar surface area (TPSA) is 54.0 Å². The smallest absolute Gasteiger partial charge is 0.246 e. The Bertz CT molecular complexity index is 661. The second-order valence-electron chi connectivity index (χ2n) is 4.34. The Hall–Kier alpha value is -2.36. The van der Waals surface area contributed by atoms with Crippen molar-refractivity contribution in [1.82, 2.24) is 10.3 Å². The number of fused-ring (bicyclic) bond motifs is 1. The Kier molecular flexibility index (Phi) is 2.48. The van der Waals surface area contributed by atoms with Gasteiger partial charge in [-0.15, -0.1) is 0 Å². The van der Waals surface area contributed by atoms with Crippen LogP contribution in [0.3, 0.4) is 0 Å². The van der Waals surface area contributed by atoms with Crippen molar-refractivity contribution in [3.63, 3.8) is 0 Å². The summed E-state index contributed by atoms with van der Waals surface area (Å²) in [5.41, 5.74) is 3.71. The van der Waals surface area contributed by atoms with Crippen LogP contribution in [0.4, 0.5) is 5.69 Å². The fraction of sp³-hybridized carbons (Fsp3) is 0.143. The van der Waals surface area contributed by atoms with Crippen molar-refractivity contribution in [2.45, 2.75) is 6.92 Å². The minimum Gasteiger partial charge on any atom is -0.355 e. The third kappa shape index (κ3) is 1.93. The third-order valence-electron chi connectivity index (χ3n) is 2.91. The maximum absolute atomic E-state index is 11.1. The summed E-state index contributed by atoms with van der Waals surface area (Å²) >= 11 is 0. The zero-order chi connectivity index (χ0) is 12.5. The monoisotopic (exact) mass is 239 g/mol. The fourth-order valence-corrected chi connectivity index (χ4v) is 2.04. The van der Waals surface area contributed by atoms with Gasteiger partial charge in [0.05, 0.1) is 17.7 Å². The van der Waals surface area contributed by atoms with Gasteiger partial charge in [-0.3, -0.25) is 9.78 Å². The van der Waals surface area contributed by atoms with E-state index in [0.717, 1.165) is 28.0 Å². The Labute approximate surface area is 105 Å². The molecule has 0 saturated carbocycles. The van der Waals surface area contributed by atoms with E-state index in [-0.39, 0.29) is 5.91 Å². The van der Waals surface area contributed by atoms with E-state index < -0.39 is 0 Å². The predicted molar refractivity (Wildman–Crippen MR) is 71.2 cm³/mol. The molecule has 2 heterocycles. The highest BCUT2D eigenvalue weighted by Gasteiger charge is 2.11. The lowest BCUT2D eigenvalue weighted by molar-refractivity contribution is -0.115. The molecule has 0 aliphatic carbocycles. The summed E-state index contributed by atoms with van der Waals surface area (Å²) < 4.78 is 0. The summed E-state index contributed by atoms with van der Waals surface area (Å²) in [7, 11) is 0. The summed E-state index contributed by atoms with van der Waals surface area (Å²) in [4.78, 5) is 15.7. The first-order valence-electron chi connectivity index (χ1n) is 5.84. The van der Waals surface area contributed by atoms with Gasteiger partial charge in [0.25, 0.3) is 0 Å². The lowest BCUT2D eigenvalue weighted by Crippen LogP contribution is -2.16. The number of pyridine rings is 1. The van der Waals surface area contributed by atoms with Crippen molar-refractivity contribution in [2.75, 3.05) is 11.9 Å². The van der Waals surface area contributed by atoms with Gasteiger partial charge in [0, 0.05) is 22.9 Å². The van der Waals surface area contributed by atoms with Crippen LogP contribution in [0.25, 0.3) is 10.9 Å². The number of nitrogens with zero attached hydrogens (tertiary/aromatic N) is 1. The molecule has 2 aromatic rings. The van der Waals surface area contributed by atoms with E-state index in [1.54, 1.807) is 6.08 Å². The fourth-order valence-electron chi connectivity index (χ4n) is 2.04. The molecule has 90 valence electrons. The summed E-state index contributed by atoms with van der Waals surface area (Å²) in [6.45, 7) is 2.51. The number of carbonyl (C=O) groups excluding carboxylic acids is 1. The van der Waals surface area contributed by atoms with Gasteiger partial charge in [0.15, 0.2) is 0 Å². The van der Waals surface area contributed by atoms with Crippen molar-refractivity contribution in [1.29, 1.82) is 0 Å². The first kappa shape index (κ1) is 10.8. The first-order valence-corrected chi connectivity index (χ1v) is 5.84. The molecule has 0 radical (unpaired) electrons. The van der Waals surface area contributed by atoms with Gasteiger partial charge < -0.3 is 10.6 Å². The molecule has 18 heavy (non-hydrogen) atoms. The number of anilines is 1. The third-order valence-corrected chi connectivity index (χ3v) is 2.91. The number of carbonyl (C=O) groups is 1. The van der Waals surface area contributed by atoms with Crippen molar-refractivity contribution in [2.24, 2.45) is 0 Å². The molecule has 1 amide bonds. The van der Waals surface area contributed by atoms with Crippen LogP contribution in [0.1, 0.15) is 5.69 Å². The highest BCUT2D eigenvalue weighted by atomic mass is 16.1. The number of aromatic nitrogens is 1. The predicted octanol–water partition coefficient (Wildman–Crippen LogP) is 1.97. The van der Waals surface area contributed by atoms with E-state index in [1.807, 2.05) is 31.2 Å². The van der Waals surface area contributed by atoms with Gasteiger partial charge in [0.1, 0.15) is 0 Å². The number of amides is 1. The summed E-state index contributed by atoms with van der Waals surface area (Å²) in [6.07, 6.45) is 1.58. The molecule has 3 rings (SSSR count). The van der Waals surface area contributed by atoms with Gasteiger partial charge in [-0.25, -0.2) is 0 Å². The van der Waals surface area contributed by atoms with Gasteiger partial charge in [-0.2, -0.15) is 0 Å². The second-order valence-corrected chi connectivity index (χ2v) is 4.34. The van der Waals surface area contributed by atoms with Crippen LogP contribution in [-0.4, -0.2) is 17.4 Å². The van der Waals surface area contributed by atoms with Crippen molar-refractivity contribution in [3.8, 4) is 0 Å². The zero-order valence-corrected chi connectivity index (χ0v) is 10.0. The Balaban J connectivity index is 2.03. The van der Waals surface area contributed by atoms with Crippen LogP contribution >= 0.6 is 0 Å². The molecule has 4 nitrogen and oxygen atoms in total. The summed E-state index contributed by atoms with van der Waals surface area (Å²) in [5, 5.41) is 7.08. The number of benzene rings is 1. The van der Waals surface area contributed by atoms with Crippen molar-refractivity contribution < 1.29 is 4.79 Å². The van der Waals surface area contributed by atoms with Gasteiger partial charge in [0.2, 0.25) is 5.91 Å². The van der Waals surface area contributed by atoms with Crippen LogP contribution in [-0.2, 0) is 4.79 Å². The number of aryl methyl sites for hydroxylation is 1. The molecule has 0 atom stereocenters. The second kappa shape index (κ2) is 4.14. The highest BCUT2D eigenvalue weighted by molar-refractivity contribution is 5.94. The molecule has 4 heteroatoms. The molecule has 1 aliphatic rings. The number of hydrogen-bond donors (Lipinski definition) is 2. The Morgan fingerprint density at radius 2 is 2.17 bits per heavy atom. The minimum absolute atomic E-state index is 0.0538. The van der Waals surface area contributed by atoms with Gasteiger partial charge in [-0.1, -0.05) is 18.2 Å². The molecule has 0 unspecified atom stereocenters. The van der Waals surface area contributed by atoms with E-state index in [2.05, 4.69) is 21.7 Å².